The second kappa shape index (κ2) is 8.02. The van der Waals surface area contributed by atoms with Gasteiger partial charge in [-0.1, -0.05) is 15.9 Å². The summed E-state index contributed by atoms with van der Waals surface area (Å²) >= 11 is 3.28. The second-order valence-corrected chi connectivity index (χ2v) is 6.26. The predicted octanol–water partition coefficient (Wildman–Crippen LogP) is 3.44. The number of hydrogen-bond acceptors (Lipinski definition) is 5. The number of amides is 1. The molecule has 0 aliphatic carbocycles. The topological polar surface area (TPSA) is 73.9 Å². The van der Waals surface area contributed by atoms with E-state index < -0.39 is 0 Å². The molecular formula is C18H16BrNO5. The second-order valence-electron chi connectivity index (χ2n) is 5.35. The van der Waals surface area contributed by atoms with Gasteiger partial charge in [0.15, 0.2) is 24.4 Å². The van der Waals surface area contributed by atoms with Crippen molar-refractivity contribution in [2.45, 2.75) is 6.42 Å². The highest BCUT2D eigenvalue weighted by Gasteiger charge is 2.12. The van der Waals surface area contributed by atoms with Gasteiger partial charge in [-0.3, -0.25) is 9.59 Å². The van der Waals surface area contributed by atoms with Crippen LogP contribution in [0.15, 0.2) is 40.9 Å². The lowest BCUT2D eigenvalue weighted by molar-refractivity contribution is -0.118. The maximum absolute atomic E-state index is 12.1. The summed E-state index contributed by atoms with van der Waals surface area (Å²) in [6, 6.07) is 10.2. The normalized spacial score (nSPS) is 12.8. The van der Waals surface area contributed by atoms with Gasteiger partial charge in [-0.15, -0.1) is 0 Å². The van der Waals surface area contributed by atoms with Crippen LogP contribution in [0.3, 0.4) is 0 Å². The van der Waals surface area contributed by atoms with Crippen LogP contribution in [0.5, 0.6) is 17.2 Å². The van der Waals surface area contributed by atoms with Crippen molar-refractivity contribution >= 4 is 33.8 Å². The van der Waals surface area contributed by atoms with Gasteiger partial charge >= 0.3 is 0 Å². The summed E-state index contributed by atoms with van der Waals surface area (Å²) in [5.41, 5.74) is 0.960. The Bertz CT molecular complexity index is 793. The van der Waals surface area contributed by atoms with E-state index in [4.69, 9.17) is 14.2 Å². The number of ether oxygens (including phenoxy) is 3. The van der Waals surface area contributed by atoms with Crippen LogP contribution in [-0.4, -0.2) is 32.0 Å². The number of nitrogens with one attached hydrogen (secondary N) is 1. The molecule has 25 heavy (non-hydrogen) atoms. The summed E-state index contributed by atoms with van der Waals surface area (Å²) in [6.45, 7) is 0.973. The van der Waals surface area contributed by atoms with Crippen LogP contribution in [0.2, 0.25) is 0 Å². The Kier molecular flexibility index (Phi) is 5.55. The smallest absolute Gasteiger partial charge is 0.262 e. The van der Waals surface area contributed by atoms with Crippen LogP contribution < -0.4 is 19.5 Å². The van der Waals surface area contributed by atoms with Crippen molar-refractivity contribution < 1.29 is 23.8 Å². The lowest BCUT2D eigenvalue weighted by Gasteiger charge is -2.11. The van der Waals surface area contributed by atoms with Gasteiger partial charge in [0, 0.05) is 22.6 Å². The van der Waals surface area contributed by atoms with Crippen molar-refractivity contribution in [1.82, 2.24) is 0 Å². The fraction of sp³-hybridized carbons (Fsp3) is 0.222. The lowest BCUT2D eigenvalue weighted by Crippen LogP contribution is -2.20. The highest BCUT2D eigenvalue weighted by Crippen LogP contribution is 2.32. The lowest BCUT2D eigenvalue weighted by atomic mass is 10.2. The van der Waals surface area contributed by atoms with Crippen LogP contribution in [-0.2, 0) is 4.79 Å². The summed E-state index contributed by atoms with van der Waals surface area (Å²) in [7, 11) is 0. The number of carbonyl (C=O) groups excluding carboxylic acids is 2. The summed E-state index contributed by atoms with van der Waals surface area (Å²) in [6.07, 6.45) is 1.50. The quantitative estimate of drug-likeness (QED) is 0.771. The molecule has 2 aromatic carbocycles. The Morgan fingerprint density at radius 2 is 1.96 bits per heavy atom. The molecule has 0 bridgehead atoms. The molecule has 0 saturated heterocycles. The van der Waals surface area contributed by atoms with Crippen LogP contribution in [0.25, 0.3) is 0 Å². The Hall–Kier alpha value is -2.54. The molecular weight excluding hydrogens is 390 g/mol. The number of anilines is 1. The monoisotopic (exact) mass is 405 g/mol. The third kappa shape index (κ3) is 4.51. The van der Waals surface area contributed by atoms with Crippen molar-refractivity contribution in [3.63, 3.8) is 0 Å². The molecule has 7 heteroatoms. The molecule has 1 aliphatic rings. The fourth-order valence-electron chi connectivity index (χ4n) is 2.32. The molecule has 0 unspecified atom stereocenters. The van der Waals surface area contributed by atoms with E-state index in [-0.39, 0.29) is 12.5 Å². The van der Waals surface area contributed by atoms with Crippen LogP contribution in [0, 0.1) is 0 Å². The maximum Gasteiger partial charge on any atom is 0.262 e. The first-order chi connectivity index (χ1) is 12.2. The average Bonchev–Trinajstić information content (AvgIpc) is 2.85. The van der Waals surface area contributed by atoms with Gasteiger partial charge < -0.3 is 19.5 Å². The maximum atomic E-state index is 12.1. The van der Waals surface area contributed by atoms with Crippen molar-refractivity contribution in [3.8, 4) is 17.2 Å². The highest BCUT2D eigenvalue weighted by molar-refractivity contribution is 9.10. The number of hydrogen-bond donors (Lipinski definition) is 1. The third-order valence-corrected chi connectivity index (χ3v) is 3.98. The van der Waals surface area contributed by atoms with Crippen LogP contribution >= 0.6 is 15.9 Å². The van der Waals surface area contributed by atoms with Crippen molar-refractivity contribution in [3.05, 3.63) is 46.4 Å². The number of rotatable bonds is 5. The summed E-state index contributed by atoms with van der Waals surface area (Å²) in [5, 5.41) is 2.73. The number of halogens is 1. The van der Waals surface area contributed by atoms with E-state index in [9.17, 15) is 9.59 Å². The fourth-order valence-corrected chi connectivity index (χ4v) is 2.70. The first-order valence-corrected chi connectivity index (χ1v) is 8.52. The molecule has 0 radical (unpaired) electrons. The molecule has 3 rings (SSSR count). The summed E-state index contributed by atoms with van der Waals surface area (Å²) in [4.78, 5) is 23.1. The minimum absolute atomic E-state index is 0.211. The van der Waals surface area contributed by atoms with Gasteiger partial charge in [0.1, 0.15) is 5.75 Å². The zero-order valence-corrected chi connectivity index (χ0v) is 14.9. The molecule has 6 nitrogen and oxygen atoms in total. The SMILES string of the molecule is O=Cc1cc(Br)ccc1OCC(=O)Nc1ccc2c(c1)OCCCO2. The van der Waals surface area contributed by atoms with Gasteiger partial charge in [0.2, 0.25) is 0 Å². The van der Waals surface area contributed by atoms with E-state index in [1.54, 1.807) is 36.4 Å². The Labute approximate surface area is 153 Å². The van der Waals surface area contributed by atoms with E-state index in [0.29, 0.717) is 48.0 Å². The largest absolute Gasteiger partial charge is 0.490 e. The molecule has 0 saturated carbocycles. The van der Waals surface area contributed by atoms with Gasteiger partial charge in [-0.25, -0.2) is 0 Å². The van der Waals surface area contributed by atoms with Crippen molar-refractivity contribution in [2.24, 2.45) is 0 Å². The third-order valence-electron chi connectivity index (χ3n) is 3.49. The van der Waals surface area contributed by atoms with E-state index >= 15 is 0 Å². The molecule has 0 fully saturated rings. The molecule has 1 amide bonds. The molecule has 1 heterocycles. The Morgan fingerprint density at radius 1 is 1.16 bits per heavy atom. The zero-order valence-electron chi connectivity index (χ0n) is 13.3. The van der Waals surface area contributed by atoms with Gasteiger partial charge in [0.05, 0.1) is 18.8 Å². The summed E-state index contributed by atoms with van der Waals surface area (Å²) < 4.78 is 17.3. The molecule has 0 atom stereocenters. The number of fused-ring (bicyclic) bond motifs is 1. The van der Waals surface area contributed by atoms with Gasteiger partial charge in [-0.2, -0.15) is 0 Å². The average molecular weight is 406 g/mol. The minimum Gasteiger partial charge on any atom is -0.490 e. The standard InChI is InChI=1S/C18H16BrNO5/c19-13-2-4-15(12(8-13)10-21)25-11-18(22)20-14-3-5-16-17(9-14)24-7-1-6-23-16/h2-5,8-10H,1,6-7,11H2,(H,20,22). The van der Waals surface area contributed by atoms with Crippen LogP contribution in [0.4, 0.5) is 5.69 Å². The van der Waals surface area contributed by atoms with Gasteiger partial charge in [-0.05, 0) is 30.3 Å². The molecule has 130 valence electrons. The number of aldehydes is 1. The van der Waals surface area contributed by atoms with E-state index in [1.165, 1.54) is 0 Å². The van der Waals surface area contributed by atoms with Crippen molar-refractivity contribution in [1.29, 1.82) is 0 Å². The van der Waals surface area contributed by atoms with E-state index in [0.717, 1.165) is 10.9 Å². The molecule has 1 aliphatic heterocycles. The minimum atomic E-state index is -0.339. The highest BCUT2D eigenvalue weighted by atomic mass is 79.9. The zero-order chi connectivity index (χ0) is 17.6. The molecule has 0 aromatic heterocycles. The Balaban J connectivity index is 1.61. The first-order valence-electron chi connectivity index (χ1n) is 7.73. The van der Waals surface area contributed by atoms with Gasteiger partial charge in [0.25, 0.3) is 5.91 Å². The predicted molar refractivity (Wildman–Crippen MR) is 95.7 cm³/mol. The Morgan fingerprint density at radius 3 is 2.76 bits per heavy atom. The van der Waals surface area contributed by atoms with Crippen molar-refractivity contribution in [2.75, 3.05) is 25.1 Å². The first kappa shape index (κ1) is 17.3. The number of carbonyl (C=O) groups is 2. The molecule has 2 aromatic rings. The van der Waals surface area contributed by atoms with E-state index in [2.05, 4.69) is 21.2 Å². The molecule has 0 spiro atoms. The van der Waals surface area contributed by atoms with E-state index in [1.807, 2.05) is 0 Å². The number of benzene rings is 2. The molecule has 1 N–H and O–H groups in total. The van der Waals surface area contributed by atoms with Crippen LogP contribution in [0.1, 0.15) is 16.8 Å². The summed E-state index contributed by atoms with van der Waals surface area (Å²) in [5.74, 6) is 1.28.